The second kappa shape index (κ2) is 10.2. The summed E-state index contributed by atoms with van der Waals surface area (Å²) in [5, 5.41) is 6.51. The number of amides is 1. The zero-order valence-electron chi connectivity index (χ0n) is 16.8. The molecule has 0 aliphatic carbocycles. The number of anilines is 1. The summed E-state index contributed by atoms with van der Waals surface area (Å²) >= 11 is 6.05. The summed E-state index contributed by atoms with van der Waals surface area (Å²) in [4.78, 5) is 19.7. The van der Waals surface area contributed by atoms with Crippen LogP contribution in [0.2, 0.25) is 5.02 Å². The van der Waals surface area contributed by atoms with Crippen LogP contribution in [0.3, 0.4) is 0 Å². The van der Waals surface area contributed by atoms with Crippen molar-refractivity contribution >= 4 is 29.2 Å². The third kappa shape index (κ3) is 6.50. The topological polar surface area (TPSA) is 60.0 Å². The van der Waals surface area contributed by atoms with Gasteiger partial charge in [-0.1, -0.05) is 17.7 Å². The largest absolute Gasteiger partial charge is 0.403 e. The quantitative estimate of drug-likeness (QED) is 0.553. The standard InChI is InChI=1S/C19H27ClF3N5O/c1-13-15(20)5-4-6-16(13)26-17(29)7-8-25-18(24-3)28-11-9-27(10-12-28)14(2)19(21,22)23/h4-6,14H,7-12H2,1-3H3,(H,24,25)(H,26,29). The molecule has 0 bridgehead atoms. The van der Waals surface area contributed by atoms with Crippen molar-refractivity contribution in [3.63, 3.8) is 0 Å². The summed E-state index contributed by atoms with van der Waals surface area (Å²) in [5.74, 6) is 0.415. The molecule has 29 heavy (non-hydrogen) atoms. The molecular formula is C19H27ClF3N5O. The number of guanidine groups is 1. The second-order valence-corrected chi connectivity index (χ2v) is 7.33. The number of halogens is 4. The lowest BCUT2D eigenvalue weighted by Crippen LogP contribution is -2.56. The maximum Gasteiger partial charge on any atom is 0.403 e. The summed E-state index contributed by atoms with van der Waals surface area (Å²) < 4.78 is 38.6. The monoisotopic (exact) mass is 433 g/mol. The number of hydrogen-bond acceptors (Lipinski definition) is 3. The molecule has 1 fully saturated rings. The lowest BCUT2D eigenvalue weighted by molar-refractivity contribution is -0.181. The molecule has 1 aliphatic rings. The summed E-state index contributed by atoms with van der Waals surface area (Å²) in [6.45, 7) is 4.85. The highest BCUT2D eigenvalue weighted by atomic mass is 35.5. The molecule has 1 amide bonds. The molecule has 1 unspecified atom stereocenters. The van der Waals surface area contributed by atoms with Gasteiger partial charge in [0.05, 0.1) is 0 Å². The SMILES string of the molecule is CN=C(NCCC(=O)Nc1cccc(Cl)c1C)N1CCN(C(C)C(F)(F)F)CC1. The molecule has 0 radical (unpaired) electrons. The lowest BCUT2D eigenvalue weighted by atomic mass is 10.2. The van der Waals surface area contributed by atoms with Crippen LogP contribution in [-0.4, -0.2) is 73.7 Å². The first kappa shape index (κ1) is 23.3. The third-order valence-electron chi connectivity index (χ3n) is 5.02. The third-order valence-corrected chi connectivity index (χ3v) is 5.43. The van der Waals surface area contributed by atoms with E-state index in [9.17, 15) is 18.0 Å². The van der Waals surface area contributed by atoms with Gasteiger partial charge < -0.3 is 15.5 Å². The van der Waals surface area contributed by atoms with Gasteiger partial charge in [-0.15, -0.1) is 0 Å². The van der Waals surface area contributed by atoms with Crippen LogP contribution in [-0.2, 0) is 4.79 Å². The molecule has 2 N–H and O–H groups in total. The van der Waals surface area contributed by atoms with Gasteiger partial charge in [0, 0.05) is 56.9 Å². The molecule has 0 aromatic heterocycles. The van der Waals surface area contributed by atoms with Gasteiger partial charge in [0.2, 0.25) is 5.91 Å². The normalized spacial score (nSPS) is 17.2. The highest BCUT2D eigenvalue weighted by Gasteiger charge is 2.41. The molecule has 2 rings (SSSR count). The maximum atomic E-state index is 12.9. The van der Waals surface area contributed by atoms with Gasteiger partial charge >= 0.3 is 6.18 Å². The molecule has 1 aromatic carbocycles. The average molecular weight is 434 g/mol. The predicted octanol–water partition coefficient (Wildman–Crippen LogP) is 3.12. The highest BCUT2D eigenvalue weighted by Crippen LogP contribution is 2.25. The maximum absolute atomic E-state index is 12.9. The lowest BCUT2D eigenvalue weighted by Gasteiger charge is -2.39. The zero-order valence-corrected chi connectivity index (χ0v) is 17.6. The van der Waals surface area contributed by atoms with E-state index in [4.69, 9.17) is 11.6 Å². The van der Waals surface area contributed by atoms with Gasteiger partial charge in [0.25, 0.3) is 0 Å². The fourth-order valence-corrected chi connectivity index (χ4v) is 3.28. The van der Waals surface area contributed by atoms with Crippen molar-refractivity contribution < 1.29 is 18.0 Å². The van der Waals surface area contributed by atoms with E-state index in [0.29, 0.717) is 49.4 Å². The van der Waals surface area contributed by atoms with Gasteiger partial charge in [0.15, 0.2) is 5.96 Å². The molecule has 1 aromatic rings. The molecule has 1 aliphatic heterocycles. The van der Waals surface area contributed by atoms with Crippen molar-refractivity contribution in [2.45, 2.75) is 32.5 Å². The minimum atomic E-state index is -4.23. The van der Waals surface area contributed by atoms with E-state index >= 15 is 0 Å². The highest BCUT2D eigenvalue weighted by molar-refractivity contribution is 6.31. The summed E-state index contributed by atoms with van der Waals surface area (Å²) in [7, 11) is 1.61. The van der Waals surface area contributed by atoms with E-state index in [1.54, 1.807) is 25.2 Å². The van der Waals surface area contributed by atoms with E-state index < -0.39 is 12.2 Å². The zero-order chi connectivity index (χ0) is 21.6. The van der Waals surface area contributed by atoms with Crippen molar-refractivity contribution in [3.05, 3.63) is 28.8 Å². The van der Waals surface area contributed by atoms with E-state index in [1.807, 2.05) is 11.8 Å². The average Bonchev–Trinajstić information content (AvgIpc) is 2.68. The second-order valence-electron chi connectivity index (χ2n) is 6.93. The van der Waals surface area contributed by atoms with E-state index in [1.165, 1.54) is 11.8 Å². The van der Waals surface area contributed by atoms with Crippen molar-refractivity contribution in [2.75, 3.05) is 45.1 Å². The molecule has 1 saturated heterocycles. The number of nitrogens with zero attached hydrogens (tertiary/aromatic N) is 3. The van der Waals surface area contributed by atoms with Gasteiger partial charge in [-0.05, 0) is 31.5 Å². The van der Waals surface area contributed by atoms with Crippen LogP contribution in [0.25, 0.3) is 0 Å². The minimum Gasteiger partial charge on any atom is -0.356 e. The van der Waals surface area contributed by atoms with E-state index in [2.05, 4.69) is 15.6 Å². The van der Waals surface area contributed by atoms with Gasteiger partial charge in [-0.25, -0.2) is 0 Å². The number of carbonyl (C=O) groups excluding carboxylic acids is 1. The van der Waals surface area contributed by atoms with Crippen LogP contribution < -0.4 is 10.6 Å². The van der Waals surface area contributed by atoms with Crippen molar-refractivity contribution in [1.29, 1.82) is 0 Å². The van der Waals surface area contributed by atoms with Crippen LogP contribution in [0.15, 0.2) is 23.2 Å². The Morgan fingerprint density at radius 2 is 1.93 bits per heavy atom. The molecule has 0 saturated carbocycles. The van der Waals surface area contributed by atoms with Crippen LogP contribution in [0, 0.1) is 6.92 Å². The number of carbonyl (C=O) groups is 1. The number of piperazine rings is 1. The molecule has 6 nitrogen and oxygen atoms in total. The Kier molecular flexibility index (Phi) is 8.15. The van der Waals surface area contributed by atoms with Crippen molar-refractivity contribution in [1.82, 2.24) is 15.1 Å². The van der Waals surface area contributed by atoms with E-state index in [-0.39, 0.29) is 12.3 Å². The summed E-state index contributed by atoms with van der Waals surface area (Å²) in [6.07, 6.45) is -4.01. The summed E-state index contributed by atoms with van der Waals surface area (Å²) in [5.41, 5.74) is 1.47. The van der Waals surface area contributed by atoms with Crippen LogP contribution in [0.1, 0.15) is 18.9 Å². The van der Waals surface area contributed by atoms with Gasteiger partial charge in [-0.3, -0.25) is 14.7 Å². The number of alkyl halides is 3. The van der Waals surface area contributed by atoms with E-state index in [0.717, 1.165) is 5.56 Å². The van der Waals surface area contributed by atoms with Crippen LogP contribution in [0.5, 0.6) is 0 Å². The smallest absolute Gasteiger partial charge is 0.356 e. The number of aliphatic imine (C=N–C) groups is 1. The Morgan fingerprint density at radius 1 is 1.28 bits per heavy atom. The Hall–Kier alpha value is -2.00. The predicted molar refractivity (Wildman–Crippen MR) is 109 cm³/mol. The minimum absolute atomic E-state index is 0.165. The fraction of sp³-hybridized carbons (Fsp3) is 0.579. The first-order valence-corrected chi connectivity index (χ1v) is 9.82. The Morgan fingerprint density at radius 3 is 2.52 bits per heavy atom. The molecule has 0 spiro atoms. The molecule has 1 heterocycles. The Balaban J connectivity index is 1.78. The Labute approximate surface area is 174 Å². The molecule has 162 valence electrons. The van der Waals surface area contributed by atoms with Crippen molar-refractivity contribution in [3.8, 4) is 0 Å². The number of benzene rings is 1. The summed E-state index contributed by atoms with van der Waals surface area (Å²) in [6, 6.07) is 3.85. The van der Waals surface area contributed by atoms with Crippen molar-refractivity contribution in [2.24, 2.45) is 4.99 Å². The fourth-order valence-electron chi connectivity index (χ4n) is 3.10. The van der Waals surface area contributed by atoms with Gasteiger partial charge in [0.1, 0.15) is 6.04 Å². The molecule has 10 heteroatoms. The van der Waals surface area contributed by atoms with Crippen LogP contribution in [0.4, 0.5) is 18.9 Å². The first-order valence-electron chi connectivity index (χ1n) is 9.44. The first-order chi connectivity index (χ1) is 13.6. The van der Waals surface area contributed by atoms with Gasteiger partial charge in [-0.2, -0.15) is 13.2 Å². The number of rotatable bonds is 5. The van der Waals surface area contributed by atoms with Crippen LogP contribution >= 0.6 is 11.6 Å². The Bertz CT molecular complexity index is 733. The molecule has 1 atom stereocenters. The number of nitrogens with one attached hydrogen (secondary N) is 2. The number of hydrogen-bond donors (Lipinski definition) is 2. The molecular weight excluding hydrogens is 407 g/mol.